The first kappa shape index (κ1) is 10.5. The third-order valence-corrected chi connectivity index (χ3v) is 4.98. The van der Waals surface area contributed by atoms with Crippen LogP contribution in [-0.2, 0) is 0 Å². The van der Waals surface area contributed by atoms with Gasteiger partial charge in [-0.25, -0.2) is 0 Å². The van der Waals surface area contributed by atoms with Crippen LogP contribution in [0.2, 0.25) is 0 Å². The Morgan fingerprint density at radius 1 is 1.07 bits per heavy atom. The molecule has 2 N–H and O–H groups in total. The monoisotopic (exact) mass is 195 g/mol. The minimum atomic E-state index is 0.604. The second kappa shape index (κ2) is 3.52. The molecule has 0 amide bonds. The topological polar surface area (TPSA) is 26.0 Å². The van der Waals surface area contributed by atoms with Crippen molar-refractivity contribution in [3.63, 3.8) is 0 Å². The molecular formula is C13H25N. The molecule has 0 saturated heterocycles. The van der Waals surface area contributed by atoms with Crippen LogP contribution in [0.1, 0.15) is 58.8 Å². The summed E-state index contributed by atoms with van der Waals surface area (Å²) in [5.41, 5.74) is 7.18. The first-order valence-corrected chi connectivity index (χ1v) is 6.28. The molecule has 1 heteroatoms. The quantitative estimate of drug-likeness (QED) is 0.682. The maximum Gasteiger partial charge on any atom is -0.00436 e. The summed E-state index contributed by atoms with van der Waals surface area (Å²) < 4.78 is 0. The van der Waals surface area contributed by atoms with Crippen LogP contribution < -0.4 is 5.73 Å². The Hall–Kier alpha value is -0.0400. The van der Waals surface area contributed by atoms with Crippen molar-refractivity contribution in [3.8, 4) is 0 Å². The highest BCUT2D eigenvalue weighted by atomic mass is 14.6. The van der Waals surface area contributed by atoms with Crippen molar-refractivity contribution in [2.75, 3.05) is 6.54 Å². The highest BCUT2D eigenvalue weighted by Gasteiger charge is 2.45. The van der Waals surface area contributed by atoms with E-state index in [2.05, 4.69) is 13.8 Å². The highest BCUT2D eigenvalue weighted by Crippen LogP contribution is 2.55. The summed E-state index contributed by atoms with van der Waals surface area (Å²) in [7, 11) is 0. The number of hydrogen-bond donors (Lipinski definition) is 1. The summed E-state index contributed by atoms with van der Waals surface area (Å²) in [6, 6.07) is 0. The zero-order valence-electron chi connectivity index (χ0n) is 9.81. The summed E-state index contributed by atoms with van der Waals surface area (Å²) >= 11 is 0. The predicted molar refractivity (Wildman–Crippen MR) is 61.1 cm³/mol. The van der Waals surface area contributed by atoms with Crippen molar-refractivity contribution in [1.82, 2.24) is 0 Å². The lowest BCUT2D eigenvalue weighted by molar-refractivity contribution is 0.0677. The average Bonchev–Trinajstić information content (AvgIpc) is 2.54. The smallest absolute Gasteiger partial charge is 0.00436 e. The van der Waals surface area contributed by atoms with Gasteiger partial charge in [-0.3, -0.25) is 0 Å². The molecular weight excluding hydrogens is 170 g/mol. The van der Waals surface area contributed by atoms with Crippen LogP contribution in [0.4, 0.5) is 0 Å². The molecule has 1 nitrogen and oxygen atoms in total. The molecule has 14 heavy (non-hydrogen) atoms. The molecule has 82 valence electrons. The molecule has 2 aliphatic carbocycles. The van der Waals surface area contributed by atoms with Gasteiger partial charge in [0.15, 0.2) is 0 Å². The molecule has 0 aromatic rings. The Morgan fingerprint density at radius 2 is 1.71 bits per heavy atom. The number of hydrogen-bond acceptors (Lipinski definition) is 1. The largest absolute Gasteiger partial charge is 0.330 e. The maximum atomic E-state index is 5.91. The minimum absolute atomic E-state index is 0.604. The fourth-order valence-corrected chi connectivity index (χ4v) is 3.66. The lowest BCUT2D eigenvalue weighted by Gasteiger charge is -2.44. The van der Waals surface area contributed by atoms with E-state index in [1.54, 1.807) is 0 Å². The van der Waals surface area contributed by atoms with Gasteiger partial charge in [0, 0.05) is 0 Å². The van der Waals surface area contributed by atoms with Crippen LogP contribution in [0.5, 0.6) is 0 Å². The van der Waals surface area contributed by atoms with Crippen molar-refractivity contribution in [2.45, 2.75) is 58.8 Å². The third kappa shape index (κ3) is 1.71. The second-order valence-corrected chi connectivity index (χ2v) is 6.35. The molecule has 0 radical (unpaired) electrons. The first-order valence-electron chi connectivity index (χ1n) is 6.28. The fraction of sp³-hybridized carbons (Fsp3) is 1.00. The maximum absolute atomic E-state index is 5.91. The van der Waals surface area contributed by atoms with Crippen molar-refractivity contribution in [2.24, 2.45) is 22.5 Å². The molecule has 0 aromatic heterocycles. The Labute approximate surface area is 88.4 Å². The van der Waals surface area contributed by atoms with Gasteiger partial charge in [-0.2, -0.15) is 0 Å². The van der Waals surface area contributed by atoms with Gasteiger partial charge in [0.1, 0.15) is 0 Å². The normalized spacial score (nSPS) is 34.9. The van der Waals surface area contributed by atoms with Gasteiger partial charge in [0.25, 0.3) is 0 Å². The van der Waals surface area contributed by atoms with Gasteiger partial charge in [-0.05, 0) is 61.8 Å². The first-order chi connectivity index (χ1) is 6.58. The molecule has 2 saturated carbocycles. The Bertz CT molecular complexity index is 197. The van der Waals surface area contributed by atoms with Gasteiger partial charge >= 0.3 is 0 Å². The Balaban J connectivity index is 2.04. The zero-order chi connectivity index (χ0) is 10.2. The summed E-state index contributed by atoms with van der Waals surface area (Å²) in [6.07, 6.45) is 10.0. The van der Waals surface area contributed by atoms with E-state index in [0.717, 1.165) is 12.5 Å². The molecule has 2 fully saturated rings. The van der Waals surface area contributed by atoms with Crippen molar-refractivity contribution in [1.29, 1.82) is 0 Å². The third-order valence-electron chi connectivity index (χ3n) is 4.98. The van der Waals surface area contributed by atoms with E-state index in [4.69, 9.17) is 5.73 Å². The second-order valence-electron chi connectivity index (χ2n) is 6.35. The van der Waals surface area contributed by atoms with E-state index >= 15 is 0 Å². The van der Waals surface area contributed by atoms with Crippen LogP contribution in [0.15, 0.2) is 0 Å². The van der Waals surface area contributed by atoms with Crippen molar-refractivity contribution in [3.05, 3.63) is 0 Å². The molecule has 0 aromatic carbocycles. The van der Waals surface area contributed by atoms with Crippen molar-refractivity contribution < 1.29 is 0 Å². The standard InChI is InChI=1S/C13H25N/c1-12(2)6-8-13(9-7-12)5-3-4-11(13)10-14/h11H,3-10,14H2,1-2H3. The van der Waals surface area contributed by atoms with E-state index in [0.29, 0.717) is 10.8 Å². The summed E-state index contributed by atoms with van der Waals surface area (Å²) in [5.74, 6) is 0.846. The van der Waals surface area contributed by atoms with Crippen molar-refractivity contribution >= 4 is 0 Å². The lowest BCUT2D eigenvalue weighted by atomic mass is 9.61. The summed E-state index contributed by atoms with van der Waals surface area (Å²) in [5, 5.41) is 0. The predicted octanol–water partition coefficient (Wildman–Crippen LogP) is 3.33. The molecule has 1 unspecified atom stereocenters. The van der Waals surface area contributed by atoms with Gasteiger partial charge in [-0.15, -0.1) is 0 Å². The molecule has 0 heterocycles. The lowest BCUT2D eigenvalue weighted by Crippen LogP contribution is -2.37. The van der Waals surface area contributed by atoms with E-state index in [1.165, 1.54) is 44.9 Å². The molecule has 1 spiro atoms. The molecule has 1 atom stereocenters. The number of nitrogens with two attached hydrogens (primary N) is 1. The summed E-state index contributed by atoms with van der Waals surface area (Å²) in [4.78, 5) is 0. The SMILES string of the molecule is CC1(C)CCC2(CCCC2CN)CC1. The van der Waals surface area contributed by atoms with Gasteiger partial charge in [0.05, 0.1) is 0 Å². The highest BCUT2D eigenvalue weighted by molar-refractivity contribution is 4.97. The molecule has 0 aliphatic heterocycles. The van der Waals surface area contributed by atoms with Crippen LogP contribution in [0, 0.1) is 16.7 Å². The van der Waals surface area contributed by atoms with Crippen LogP contribution in [0.25, 0.3) is 0 Å². The average molecular weight is 195 g/mol. The van der Waals surface area contributed by atoms with Gasteiger partial charge in [-0.1, -0.05) is 20.3 Å². The molecule has 2 aliphatic rings. The number of rotatable bonds is 1. The van der Waals surface area contributed by atoms with E-state index in [9.17, 15) is 0 Å². The zero-order valence-corrected chi connectivity index (χ0v) is 9.81. The van der Waals surface area contributed by atoms with E-state index in [1.807, 2.05) is 0 Å². The van der Waals surface area contributed by atoms with E-state index in [-0.39, 0.29) is 0 Å². The molecule has 2 rings (SSSR count). The molecule has 0 bridgehead atoms. The Morgan fingerprint density at radius 3 is 2.29 bits per heavy atom. The van der Waals surface area contributed by atoms with Gasteiger partial charge < -0.3 is 5.73 Å². The van der Waals surface area contributed by atoms with Crippen LogP contribution in [-0.4, -0.2) is 6.54 Å². The van der Waals surface area contributed by atoms with E-state index < -0.39 is 0 Å². The fourth-order valence-electron chi connectivity index (χ4n) is 3.66. The van der Waals surface area contributed by atoms with Crippen LogP contribution >= 0.6 is 0 Å². The van der Waals surface area contributed by atoms with Gasteiger partial charge in [0.2, 0.25) is 0 Å². The minimum Gasteiger partial charge on any atom is -0.330 e. The summed E-state index contributed by atoms with van der Waals surface area (Å²) in [6.45, 7) is 5.78. The Kier molecular flexibility index (Phi) is 2.63. The van der Waals surface area contributed by atoms with Crippen LogP contribution in [0.3, 0.4) is 0 Å².